The van der Waals surface area contributed by atoms with Crippen molar-refractivity contribution in [2.45, 2.75) is 19.4 Å². The Kier molecular flexibility index (Phi) is 4.83. The molecule has 7 heteroatoms. The van der Waals surface area contributed by atoms with Crippen molar-refractivity contribution in [3.05, 3.63) is 43.1 Å². The summed E-state index contributed by atoms with van der Waals surface area (Å²) in [5, 5.41) is 0. The van der Waals surface area contributed by atoms with E-state index in [-0.39, 0.29) is 0 Å². The number of rotatable bonds is 6. The van der Waals surface area contributed by atoms with Gasteiger partial charge in [-0.15, -0.1) is 0 Å². The molecular formula is C18H23N7. The molecule has 0 aliphatic carbocycles. The van der Waals surface area contributed by atoms with Crippen LogP contribution in [0.5, 0.6) is 0 Å². The summed E-state index contributed by atoms with van der Waals surface area (Å²) < 4.78 is 2.15. The molecule has 0 amide bonds. The number of hydrogen-bond donors (Lipinski definition) is 0. The normalized spacial score (nSPS) is 15.8. The maximum atomic E-state index is 4.42. The van der Waals surface area contributed by atoms with Crippen LogP contribution in [0, 0.1) is 0 Å². The number of unbranched alkanes of at least 4 members (excludes halogenated alkanes) is 1. The van der Waals surface area contributed by atoms with E-state index in [4.69, 9.17) is 0 Å². The van der Waals surface area contributed by atoms with Crippen LogP contribution >= 0.6 is 0 Å². The van der Waals surface area contributed by atoms with Crippen molar-refractivity contribution in [1.82, 2.24) is 29.4 Å². The highest BCUT2D eigenvalue weighted by Crippen LogP contribution is 2.12. The molecule has 0 atom stereocenters. The van der Waals surface area contributed by atoms with E-state index in [2.05, 4.69) is 34.3 Å². The second-order valence-corrected chi connectivity index (χ2v) is 6.37. The molecule has 1 aliphatic rings. The van der Waals surface area contributed by atoms with Crippen molar-refractivity contribution in [2.75, 3.05) is 37.6 Å². The largest absolute Gasteiger partial charge is 0.338 e. The summed E-state index contributed by atoms with van der Waals surface area (Å²) >= 11 is 0. The fourth-order valence-corrected chi connectivity index (χ4v) is 3.30. The number of piperazine rings is 1. The number of pyridine rings is 1. The summed E-state index contributed by atoms with van der Waals surface area (Å²) in [6.45, 7) is 6.27. The van der Waals surface area contributed by atoms with Gasteiger partial charge >= 0.3 is 0 Å². The lowest BCUT2D eigenvalue weighted by atomic mass is 10.2. The van der Waals surface area contributed by atoms with Gasteiger partial charge in [-0.2, -0.15) is 0 Å². The van der Waals surface area contributed by atoms with Crippen LogP contribution in [0.4, 0.5) is 5.95 Å². The minimum atomic E-state index is 0.849. The van der Waals surface area contributed by atoms with Crippen LogP contribution in [0.25, 0.3) is 11.2 Å². The number of aryl methyl sites for hydroxylation is 1. The maximum absolute atomic E-state index is 4.42. The molecule has 0 saturated carbocycles. The minimum absolute atomic E-state index is 0.849. The van der Waals surface area contributed by atoms with E-state index in [1.807, 2.05) is 43.1 Å². The van der Waals surface area contributed by atoms with Gasteiger partial charge in [0.25, 0.3) is 0 Å². The lowest BCUT2D eigenvalue weighted by Gasteiger charge is -2.34. The topological polar surface area (TPSA) is 63.0 Å². The predicted molar refractivity (Wildman–Crippen MR) is 97.4 cm³/mol. The highest BCUT2D eigenvalue weighted by atomic mass is 15.3. The van der Waals surface area contributed by atoms with Gasteiger partial charge in [0.2, 0.25) is 5.95 Å². The maximum Gasteiger partial charge on any atom is 0.225 e. The first-order valence-electron chi connectivity index (χ1n) is 8.90. The van der Waals surface area contributed by atoms with Gasteiger partial charge in [-0.1, -0.05) is 0 Å². The van der Waals surface area contributed by atoms with Crippen molar-refractivity contribution >= 4 is 17.1 Å². The zero-order valence-electron chi connectivity index (χ0n) is 14.3. The third-order valence-electron chi connectivity index (χ3n) is 4.70. The Labute approximate surface area is 147 Å². The van der Waals surface area contributed by atoms with Gasteiger partial charge in [-0.05, 0) is 37.6 Å². The van der Waals surface area contributed by atoms with Crippen LogP contribution in [-0.2, 0) is 6.54 Å². The van der Waals surface area contributed by atoms with Gasteiger partial charge in [0.15, 0.2) is 5.65 Å². The van der Waals surface area contributed by atoms with Crippen LogP contribution in [-0.4, -0.2) is 62.1 Å². The smallest absolute Gasteiger partial charge is 0.225 e. The molecule has 25 heavy (non-hydrogen) atoms. The highest BCUT2D eigenvalue weighted by Gasteiger charge is 2.18. The standard InChI is InChI=1S/C18H23N7/c1(2-10-25-15-22-16-5-3-6-19-17(16)25)9-23-11-13-24(14-12-23)18-20-7-4-8-21-18/h3-8,15H,1-2,9-14H2. The Bertz CT molecular complexity index is 793. The minimum Gasteiger partial charge on any atom is -0.338 e. The molecule has 0 spiro atoms. The van der Waals surface area contributed by atoms with Crippen LogP contribution in [0.3, 0.4) is 0 Å². The van der Waals surface area contributed by atoms with Crippen LogP contribution in [0.1, 0.15) is 12.8 Å². The molecule has 0 N–H and O–H groups in total. The van der Waals surface area contributed by atoms with Gasteiger partial charge in [0.05, 0.1) is 6.33 Å². The number of nitrogens with zero attached hydrogens (tertiary/aromatic N) is 7. The second-order valence-electron chi connectivity index (χ2n) is 6.37. The third-order valence-corrected chi connectivity index (χ3v) is 4.70. The molecule has 7 nitrogen and oxygen atoms in total. The molecule has 0 radical (unpaired) electrons. The first kappa shape index (κ1) is 16.0. The summed E-state index contributed by atoms with van der Waals surface area (Å²) in [6, 6.07) is 5.80. The zero-order valence-corrected chi connectivity index (χ0v) is 14.3. The number of imidazole rings is 1. The summed E-state index contributed by atoms with van der Waals surface area (Å²) in [6.07, 6.45) is 9.68. The van der Waals surface area contributed by atoms with E-state index in [1.54, 1.807) is 0 Å². The fourth-order valence-electron chi connectivity index (χ4n) is 3.30. The third kappa shape index (κ3) is 3.76. The van der Waals surface area contributed by atoms with E-state index < -0.39 is 0 Å². The van der Waals surface area contributed by atoms with Gasteiger partial charge in [-0.25, -0.2) is 19.9 Å². The fraction of sp³-hybridized carbons (Fsp3) is 0.444. The van der Waals surface area contributed by atoms with Crippen LogP contribution in [0.15, 0.2) is 43.1 Å². The summed E-state index contributed by atoms with van der Waals surface area (Å²) in [5.41, 5.74) is 1.96. The van der Waals surface area contributed by atoms with Crippen molar-refractivity contribution in [3.8, 4) is 0 Å². The average Bonchev–Trinajstić information content (AvgIpc) is 3.10. The Morgan fingerprint density at radius 1 is 0.800 bits per heavy atom. The van der Waals surface area contributed by atoms with Crippen LogP contribution < -0.4 is 4.90 Å². The molecule has 3 aromatic heterocycles. The molecule has 1 saturated heterocycles. The average molecular weight is 337 g/mol. The van der Waals surface area contributed by atoms with Crippen molar-refractivity contribution in [3.63, 3.8) is 0 Å². The van der Waals surface area contributed by atoms with Gasteiger partial charge in [0.1, 0.15) is 5.52 Å². The summed E-state index contributed by atoms with van der Waals surface area (Å²) in [5.74, 6) is 0.849. The Balaban J connectivity index is 1.20. The van der Waals surface area contributed by atoms with Crippen molar-refractivity contribution in [1.29, 1.82) is 0 Å². The second kappa shape index (κ2) is 7.57. The first-order valence-corrected chi connectivity index (χ1v) is 8.90. The molecular weight excluding hydrogens is 314 g/mol. The lowest BCUT2D eigenvalue weighted by molar-refractivity contribution is 0.250. The van der Waals surface area contributed by atoms with E-state index in [0.29, 0.717) is 0 Å². The Morgan fingerprint density at radius 3 is 2.40 bits per heavy atom. The van der Waals surface area contributed by atoms with Gasteiger partial charge < -0.3 is 9.47 Å². The quantitative estimate of drug-likeness (QED) is 0.640. The van der Waals surface area contributed by atoms with E-state index in [1.165, 1.54) is 6.42 Å². The monoisotopic (exact) mass is 337 g/mol. The summed E-state index contributed by atoms with van der Waals surface area (Å²) in [4.78, 5) is 22.3. The summed E-state index contributed by atoms with van der Waals surface area (Å²) in [7, 11) is 0. The highest BCUT2D eigenvalue weighted by molar-refractivity contribution is 5.69. The molecule has 1 aliphatic heterocycles. The van der Waals surface area contributed by atoms with Crippen molar-refractivity contribution < 1.29 is 0 Å². The van der Waals surface area contributed by atoms with Gasteiger partial charge in [-0.3, -0.25) is 4.90 Å². The first-order chi connectivity index (χ1) is 12.4. The molecule has 1 fully saturated rings. The lowest BCUT2D eigenvalue weighted by Crippen LogP contribution is -2.47. The number of hydrogen-bond acceptors (Lipinski definition) is 6. The van der Waals surface area contributed by atoms with E-state index in [0.717, 1.165) is 62.8 Å². The Morgan fingerprint density at radius 2 is 1.56 bits per heavy atom. The van der Waals surface area contributed by atoms with Crippen LogP contribution in [0.2, 0.25) is 0 Å². The molecule has 0 aromatic carbocycles. The molecule has 4 heterocycles. The molecule has 3 aromatic rings. The SMILES string of the molecule is c1cnc(N2CCN(CCCCn3cnc4cccnc43)CC2)nc1. The van der Waals surface area contributed by atoms with E-state index in [9.17, 15) is 0 Å². The number of fused-ring (bicyclic) bond motifs is 1. The zero-order chi connectivity index (χ0) is 16.9. The molecule has 0 unspecified atom stereocenters. The Hall–Kier alpha value is -2.54. The number of anilines is 1. The molecule has 130 valence electrons. The van der Waals surface area contributed by atoms with Crippen molar-refractivity contribution in [2.24, 2.45) is 0 Å². The predicted octanol–water partition coefficient (Wildman–Crippen LogP) is 1.82. The van der Waals surface area contributed by atoms with E-state index >= 15 is 0 Å². The molecule has 0 bridgehead atoms. The van der Waals surface area contributed by atoms with Gasteiger partial charge in [0, 0.05) is 51.3 Å². The molecule has 4 rings (SSSR count). The number of aromatic nitrogens is 5.